The van der Waals surface area contributed by atoms with Crippen LogP contribution < -0.4 is 0 Å². The van der Waals surface area contributed by atoms with Crippen LogP contribution in [-0.2, 0) is 11.3 Å². The topological polar surface area (TPSA) is 36.0 Å². The lowest BCUT2D eigenvalue weighted by atomic mass is 9.59. The van der Waals surface area contributed by atoms with Crippen molar-refractivity contribution in [2.75, 3.05) is 32.7 Å². The summed E-state index contributed by atoms with van der Waals surface area (Å²) in [4.78, 5) is 19.7. The average Bonchev–Trinajstić information content (AvgIpc) is 2.88. The molecule has 212 valence electrons. The molecule has 1 aliphatic carbocycles. The second kappa shape index (κ2) is 11.2. The molecule has 1 unspecified atom stereocenters. The van der Waals surface area contributed by atoms with E-state index >= 15 is 0 Å². The molecule has 39 heavy (non-hydrogen) atoms. The third-order valence-corrected chi connectivity index (χ3v) is 9.12. The van der Waals surface area contributed by atoms with Crippen LogP contribution in [0.5, 0.6) is 0 Å². The number of likely N-dealkylation sites (tertiary alicyclic amines) is 1. The van der Waals surface area contributed by atoms with E-state index in [1.165, 1.54) is 24.0 Å². The number of ether oxygens (including phenoxy) is 1. The van der Waals surface area contributed by atoms with Gasteiger partial charge in [0.25, 0.3) is 0 Å². The average molecular weight is 536 g/mol. The first-order valence-electron chi connectivity index (χ1n) is 14.8. The smallest absolute Gasteiger partial charge is 0.410 e. The zero-order valence-corrected chi connectivity index (χ0v) is 24.5. The molecule has 2 aromatic carbocycles. The number of hydrogen-bond acceptors (Lipinski definition) is 4. The van der Waals surface area contributed by atoms with E-state index < -0.39 is 5.60 Å². The zero-order chi connectivity index (χ0) is 27.8. The van der Waals surface area contributed by atoms with Crippen LogP contribution in [0.1, 0.15) is 89.0 Å². The van der Waals surface area contributed by atoms with E-state index in [2.05, 4.69) is 47.9 Å². The Bertz CT molecular complexity index is 1140. The highest BCUT2D eigenvalue weighted by Crippen LogP contribution is 2.53. The number of amides is 1. The number of nitrogens with zero attached hydrogens (tertiary/aromatic N) is 3. The summed E-state index contributed by atoms with van der Waals surface area (Å²) in [5.74, 6) is 0.340. The van der Waals surface area contributed by atoms with E-state index in [-0.39, 0.29) is 11.9 Å². The number of carbonyl (C=O) groups is 1. The monoisotopic (exact) mass is 535 g/mol. The molecular weight excluding hydrogens is 489 g/mol. The first-order chi connectivity index (χ1) is 18.5. The summed E-state index contributed by atoms with van der Waals surface area (Å²) in [6.45, 7) is 15.4. The Kier molecular flexibility index (Phi) is 8.08. The Morgan fingerprint density at radius 1 is 1.00 bits per heavy atom. The molecule has 2 heterocycles. The molecule has 1 saturated carbocycles. The van der Waals surface area contributed by atoms with Crippen molar-refractivity contribution in [2.45, 2.75) is 90.4 Å². The SMILES string of the molecule is CC(C)c1ccccc1C1CN(Cc2ccccc2F)CCN1C1CC2(CCN(C(=O)OC(C)(C)C)CC2)C1. The molecule has 2 aliphatic heterocycles. The number of hydrogen-bond donors (Lipinski definition) is 0. The van der Waals surface area contributed by atoms with Gasteiger partial charge in [0.1, 0.15) is 11.4 Å². The molecular formula is C33H46FN3O2. The maximum absolute atomic E-state index is 14.5. The highest BCUT2D eigenvalue weighted by atomic mass is 19.1. The molecule has 1 amide bonds. The molecule has 0 bridgehead atoms. The maximum atomic E-state index is 14.5. The fourth-order valence-electron chi connectivity index (χ4n) is 6.99. The van der Waals surface area contributed by atoms with Crippen LogP contribution in [0.2, 0.25) is 0 Å². The molecule has 0 aromatic heterocycles. The minimum Gasteiger partial charge on any atom is -0.444 e. The van der Waals surface area contributed by atoms with Crippen LogP contribution >= 0.6 is 0 Å². The Morgan fingerprint density at radius 2 is 1.67 bits per heavy atom. The molecule has 0 N–H and O–H groups in total. The van der Waals surface area contributed by atoms with Gasteiger partial charge >= 0.3 is 6.09 Å². The van der Waals surface area contributed by atoms with Crippen molar-refractivity contribution in [3.8, 4) is 0 Å². The highest BCUT2D eigenvalue weighted by molar-refractivity contribution is 5.68. The molecule has 5 rings (SSSR count). The predicted molar refractivity (Wildman–Crippen MR) is 154 cm³/mol. The van der Waals surface area contributed by atoms with E-state index in [1.807, 2.05) is 37.8 Å². The lowest BCUT2D eigenvalue weighted by Gasteiger charge is -2.58. The number of piperazine rings is 1. The number of piperidine rings is 1. The van der Waals surface area contributed by atoms with Crippen LogP contribution in [-0.4, -0.2) is 65.2 Å². The lowest BCUT2D eigenvalue weighted by molar-refractivity contribution is -0.0783. The van der Waals surface area contributed by atoms with Gasteiger partial charge in [-0.1, -0.05) is 56.3 Å². The van der Waals surface area contributed by atoms with Gasteiger partial charge in [-0.05, 0) is 75.0 Å². The summed E-state index contributed by atoms with van der Waals surface area (Å²) < 4.78 is 20.1. The number of carbonyl (C=O) groups excluding carboxylic acids is 1. The lowest BCUT2D eigenvalue weighted by Crippen LogP contribution is -2.60. The van der Waals surface area contributed by atoms with Gasteiger partial charge in [-0.15, -0.1) is 0 Å². The van der Waals surface area contributed by atoms with Crippen molar-refractivity contribution in [2.24, 2.45) is 5.41 Å². The molecule has 2 aromatic rings. The van der Waals surface area contributed by atoms with Gasteiger partial charge in [0, 0.05) is 56.9 Å². The molecule has 3 aliphatic rings. The van der Waals surface area contributed by atoms with Crippen LogP contribution in [0.3, 0.4) is 0 Å². The second-order valence-electron chi connectivity index (χ2n) is 13.4. The van der Waals surface area contributed by atoms with E-state index in [4.69, 9.17) is 4.74 Å². The number of rotatable bonds is 5. The van der Waals surface area contributed by atoms with Crippen molar-refractivity contribution in [1.29, 1.82) is 0 Å². The normalized spacial score (nSPS) is 22.7. The third kappa shape index (κ3) is 6.33. The summed E-state index contributed by atoms with van der Waals surface area (Å²) in [6, 6.07) is 17.0. The third-order valence-electron chi connectivity index (χ3n) is 9.12. The van der Waals surface area contributed by atoms with Crippen LogP contribution in [0.15, 0.2) is 48.5 Å². The fraction of sp³-hybridized carbons (Fsp3) is 0.606. The standard InChI is InChI=1S/C33H46FN3O2/c1-24(2)27-11-7-8-12-28(27)30-23-35(22-25-10-6-9-13-29(25)34)18-19-37(30)26-20-33(21-26)14-16-36(17-15-33)31(38)39-32(3,4)5/h6-13,24,26,30H,14-23H2,1-5H3. The second-order valence-corrected chi connectivity index (χ2v) is 13.4. The fourth-order valence-corrected chi connectivity index (χ4v) is 6.99. The summed E-state index contributed by atoms with van der Waals surface area (Å²) in [6.07, 6.45) is 4.34. The molecule has 0 radical (unpaired) electrons. The minimum absolute atomic E-state index is 0.113. The van der Waals surface area contributed by atoms with E-state index in [0.717, 1.165) is 51.1 Å². The molecule has 6 heteroatoms. The van der Waals surface area contributed by atoms with Crippen molar-refractivity contribution >= 4 is 6.09 Å². The summed E-state index contributed by atoms with van der Waals surface area (Å²) in [5.41, 5.74) is 3.51. The highest BCUT2D eigenvalue weighted by Gasteiger charge is 2.50. The van der Waals surface area contributed by atoms with E-state index in [9.17, 15) is 9.18 Å². The van der Waals surface area contributed by atoms with Crippen molar-refractivity contribution in [3.05, 3.63) is 71.0 Å². The molecule has 2 saturated heterocycles. The van der Waals surface area contributed by atoms with Crippen LogP contribution in [0.25, 0.3) is 0 Å². The van der Waals surface area contributed by atoms with Crippen molar-refractivity contribution < 1.29 is 13.9 Å². The van der Waals surface area contributed by atoms with E-state index in [0.29, 0.717) is 30.0 Å². The van der Waals surface area contributed by atoms with Crippen LogP contribution in [0.4, 0.5) is 9.18 Å². The molecule has 1 atom stereocenters. The van der Waals surface area contributed by atoms with Crippen molar-refractivity contribution in [1.82, 2.24) is 14.7 Å². The predicted octanol–water partition coefficient (Wildman–Crippen LogP) is 6.99. The quantitative estimate of drug-likeness (QED) is 0.414. The van der Waals surface area contributed by atoms with Gasteiger partial charge in [-0.3, -0.25) is 9.80 Å². The largest absolute Gasteiger partial charge is 0.444 e. The van der Waals surface area contributed by atoms with Gasteiger partial charge in [0.15, 0.2) is 0 Å². The summed E-state index contributed by atoms with van der Waals surface area (Å²) in [5, 5.41) is 0. The van der Waals surface area contributed by atoms with Crippen LogP contribution in [0, 0.1) is 11.2 Å². The first kappa shape index (κ1) is 28.1. The number of halogens is 1. The van der Waals surface area contributed by atoms with Gasteiger partial charge in [-0.2, -0.15) is 0 Å². The number of benzene rings is 2. The Morgan fingerprint density at radius 3 is 2.33 bits per heavy atom. The van der Waals surface area contributed by atoms with Gasteiger partial charge < -0.3 is 9.64 Å². The summed E-state index contributed by atoms with van der Waals surface area (Å²) >= 11 is 0. The minimum atomic E-state index is -0.455. The van der Waals surface area contributed by atoms with Gasteiger partial charge in [0.2, 0.25) is 0 Å². The Hall–Kier alpha value is -2.44. The van der Waals surface area contributed by atoms with Gasteiger partial charge in [0.05, 0.1) is 0 Å². The zero-order valence-electron chi connectivity index (χ0n) is 24.5. The van der Waals surface area contributed by atoms with Gasteiger partial charge in [-0.25, -0.2) is 9.18 Å². The summed E-state index contributed by atoms with van der Waals surface area (Å²) in [7, 11) is 0. The molecule has 5 nitrogen and oxygen atoms in total. The Labute approximate surface area is 234 Å². The maximum Gasteiger partial charge on any atom is 0.410 e. The first-order valence-corrected chi connectivity index (χ1v) is 14.8. The Balaban J connectivity index is 1.28. The molecule has 3 fully saturated rings. The van der Waals surface area contributed by atoms with Crippen molar-refractivity contribution in [3.63, 3.8) is 0 Å². The molecule has 1 spiro atoms. The van der Waals surface area contributed by atoms with E-state index in [1.54, 1.807) is 12.1 Å².